The lowest BCUT2D eigenvalue weighted by Gasteiger charge is -2.31. The Morgan fingerprint density at radius 1 is 1.45 bits per heavy atom. The van der Waals surface area contributed by atoms with Crippen LogP contribution in [0.4, 0.5) is 5.00 Å². The van der Waals surface area contributed by atoms with E-state index in [2.05, 4.69) is 29.5 Å². The van der Waals surface area contributed by atoms with E-state index in [9.17, 15) is 4.79 Å². The first-order chi connectivity index (χ1) is 8.97. The van der Waals surface area contributed by atoms with Gasteiger partial charge in [0, 0.05) is 5.92 Å². The molecule has 2 rings (SSSR count). The smallest absolute Gasteiger partial charge is 0.228 e. The first kappa shape index (κ1) is 17.4. The van der Waals surface area contributed by atoms with Crippen molar-refractivity contribution < 1.29 is 4.79 Å². The molecule has 4 nitrogen and oxygen atoms in total. The molecular formula is C14H24ClN3OS. The van der Waals surface area contributed by atoms with Crippen LogP contribution >= 0.6 is 23.7 Å². The van der Waals surface area contributed by atoms with E-state index in [4.69, 9.17) is 0 Å². The lowest BCUT2D eigenvalue weighted by atomic mass is 9.88. The van der Waals surface area contributed by atoms with E-state index in [1.54, 1.807) is 11.3 Å². The summed E-state index contributed by atoms with van der Waals surface area (Å²) in [4.78, 5) is 16.8. The zero-order valence-electron chi connectivity index (χ0n) is 12.5. The van der Waals surface area contributed by atoms with E-state index in [-0.39, 0.29) is 24.2 Å². The van der Waals surface area contributed by atoms with Crippen LogP contribution < -0.4 is 10.6 Å². The number of aryl methyl sites for hydroxylation is 1. The monoisotopic (exact) mass is 317 g/mol. The molecule has 1 aliphatic heterocycles. The SMILES string of the molecule is Cc1nc(CC(C)C)c(NC(=O)C(C)C2CNC2)s1.Cl. The Labute approximate surface area is 131 Å². The van der Waals surface area contributed by atoms with Crippen LogP contribution in [0.25, 0.3) is 0 Å². The van der Waals surface area contributed by atoms with Crippen LogP contribution in [0.2, 0.25) is 0 Å². The van der Waals surface area contributed by atoms with Crippen molar-refractivity contribution >= 4 is 34.7 Å². The Kier molecular flexibility index (Phi) is 6.43. The lowest BCUT2D eigenvalue weighted by Crippen LogP contribution is -2.48. The number of nitrogens with one attached hydrogen (secondary N) is 2. The van der Waals surface area contributed by atoms with Gasteiger partial charge in [-0.2, -0.15) is 0 Å². The lowest BCUT2D eigenvalue weighted by molar-refractivity contribution is -0.121. The minimum atomic E-state index is 0. The third-order valence-electron chi connectivity index (χ3n) is 3.58. The van der Waals surface area contributed by atoms with Gasteiger partial charge in [-0.25, -0.2) is 4.98 Å². The van der Waals surface area contributed by atoms with Crippen molar-refractivity contribution in [2.24, 2.45) is 17.8 Å². The summed E-state index contributed by atoms with van der Waals surface area (Å²) in [6.07, 6.45) is 0.916. The molecule has 1 unspecified atom stereocenters. The van der Waals surface area contributed by atoms with Gasteiger partial charge < -0.3 is 10.6 Å². The van der Waals surface area contributed by atoms with Gasteiger partial charge in [-0.1, -0.05) is 20.8 Å². The van der Waals surface area contributed by atoms with Crippen LogP contribution in [0, 0.1) is 24.7 Å². The van der Waals surface area contributed by atoms with E-state index in [1.807, 2.05) is 13.8 Å². The maximum absolute atomic E-state index is 12.2. The van der Waals surface area contributed by atoms with Crippen molar-refractivity contribution in [3.05, 3.63) is 10.7 Å². The van der Waals surface area contributed by atoms with Crippen molar-refractivity contribution in [1.29, 1.82) is 0 Å². The number of anilines is 1. The van der Waals surface area contributed by atoms with Gasteiger partial charge in [-0.3, -0.25) is 4.79 Å². The largest absolute Gasteiger partial charge is 0.316 e. The van der Waals surface area contributed by atoms with Gasteiger partial charge in [0.05, 0.1) is 10.7 Å². The number of hydrogen-bond acceptors (Lipinski definition) is 4. The first-order valence-corrected chi connectivity index (χ1v) is 7.77. The van der Waals surface area contributed by atoms with Crippen LogP contribution in [0.5, 0.6) is 0 Å². The molecule has 1 saturated heterocycles. The summed E-state index contributed by atoms with van der Waals surface area (Å²) in [6, 6.07) is 0. The number of carbonyl (C=O) groups is 1. The van der Waals surface area contributed by atoms with Crippen LogP contribution in [-0.4, -0.2) is 24.0 Å². The summed E-state index contributed by atoms with van der Waals surface area (Å²) in [7, 11) is 0. The first-order valence-electron chi connectivity index (χ1n) is 6.95. The summed E-state index contributed by atoms with van der Waals surface area (Å²) in [5.74, 6) is 1.21. The number of rotatable bonds is 5. The molecule has 1 aromatic heterocycles. The Balaban J connectivity index is 0.00000200. The van der Waals surface area contributed by atoms with Crippen molar-refractivity contribution in [2.45, 2.75) is 34.1 Å². The van der Waals surface area contributed by atoms with Gasteiger partial charge in [0.15, 0.2) is 0 Å². The molecule has 6 heteroatoms. The molecule has 1 aliphatic rings. The van der Waals surface area contributed by atoms with Gasteiger partial charge in [0.2, 0.25) is 5.91 Å². The summed E-state index contributed by atoms with van der Waals surface area (Å²) in [6.45, 7) is 10.2. The maximum Gasteiger partial charge on any atom is 0.228 e. The van der Waals surface area contributed by atoms with Crippen molar-refractivity contribution in [2.75, 3.05) is 18.4 Å². The summed E-state index contributed by atoms with van der Waals surface area (Å²) < 4.78 is 0. The van der Waals surface area contributed by atoms with Gasteiger partial charge in [0.25, 0.3) is 0 Å². The Hall–Kier alpha value is -0.650. The molecule has 0 radical (unpaired) electrons. The van der Waals surface area contributed by atoms with E-state index in [0.29, 0.717) is 11.8 Å². The van der Waals surface area contributed by atoms with E-state index < -0.39 is 0 Å². The van der Waals surface area contributed by atoms with Gasteiger partial charge in [0.1, 0.15) is 5.00 Å². The molecule has 1 fully saturated rings. The molecule has 0 bridgehead atoms. The van der Waals surface area contributed by atoms with Crippen LogP contribution in [0.1, 0.15) is 31.5 Å². The third-order valence-corrected chi connectivity index (χ3v) is 4.50. The van der Waals surface area contributed by atoms with Crippen LogP contribution in [0.3, 0.4) is 0 Å². The van der Waals surface area contributed by atoms with Gasteiger partial charge >= 0.3 is 0 Å². The molecule has 1 amide bonds. The molecular weight excluding hydrogens is 294 g/mol. The fourth-order valence-electron chi connectivity index (χ4n) is 2.20. The van der Waals surface area contributed by atoms with Crippen LogP contribution in [-0.2, 0) is 11.2 Å². The summed E-state index contributed by atoms with van der Waals surface area (Å²) in [5, 5.41) is 8.25. The fraction of sp³-hybridized carbons (Fsp3) is 0.714. The standard InChI is InChI=1S/C14H23N3OS.ClH/c1-8(2)5-12-14(19-10(4)16-12)17-13(18)9(3)11-6-15-7-11;/h8-9,11,15H,5-7H2,1-4H3,(H,17,18);1H. The number of aromatic nitrogens is 1. The number of halogens is 1. The highest BCUT2D eigenvalue weighted by molar-refractivity contribution is 7.16. The summed E-state index contributed by atoms with van der Waals surface area (Å²) in [5.41, 5.74) is 1.03. The highest BCUT2D eigenvalue weighted by Crippen LogP contribution is 2.28. The van der Waals surface area contributed by atoms with E-state index >= 15 is 0 Å². The average Bonchev–Trinajstić information content (AvgIpc) is 2.55. The third kappa shape index (κ3) is 4.17. The molecule has 2 heterocycles. The molecule has 20 heavy (non-hydrogen) atoms. The Morgan fingerprint density at radius 2 is 2.10 bits per heavy atom. The average molecular weight is 318 g/mol. The van der Waals surface area contributed by atoms with Crippen LogP contribution in [0.15, 0.2) is 0 Å². The minimum Gasteiger partial charge on any atom is -0.316 e. The fourth-order valence-corrected chi connectivity index (χ4v) is 3.05. The number of amides is 1. The van der Waals surface area contributed by atoms with Gasteiger partial charge in [-0.15, -0.1) is 23.7 Å². The molecule has 0 saturated carbocycles. The predicted octanol–water partition coefficient (Wildman–Crippen LogP) is 2.87. The zero-order chi connectivity index (χ0) is 14.0. The number of nitrogens with zero attached hydrogens (tertiary/aromatic N) is 1. The molecule has 0 spiro atoms. The second kappa shape index (κ2) is 7.38. The molecule has 1 atom stereocenters. The molecule has 1 aromatic rings. The number of thiazole rings is 1. The maximum atomic E-state index is 12.2. The van der Waals surface area contributed by atoms with E-state index in [0.717, 1.165) is 35.2 Å². The zero-order valence-corrected chi connectivity index (χ0v) is 14.2. The number of hydrogen-bond donors (Lipinski definition) is 2. The van der Waals surface area contributed by atoms with Gasteiger partial charge in [-0.05, 0) is 38.3 Å². The minimum absolute atomic E-state index is 0. The highest BCUT2D eigenvalue weighted by atomic mass is 35.5. The Bertz CT molecular complexity index is 457. The quantitative estimate of drug-likeness (QED) is 0.878. The second-order valence-corrected chi connectivity index (χ2v) is 7.01. The molecule has 114 valence electrons. The molecule has 2 N–H and O–H groups in total. The van der Waals surface area contributed by atoms with Crippen molar-refractivity contribution in [1.82, 2.24) is 10.3 Å². The summed E-state index contributed by atoms with van der Waals surface area (Å²) >= 11 is 1.58. The van der Waals surface area contributed by atoms with Crippen molar-refractivity contribution in [3.63, 3.8) is 0 Å². The number of carbonyl (C=O) groups excluding carboxylic acids is 1. The van der Waals surface area contributed by atoms with Crippen molar-refractivity contribution in [3.8, 4) is 0 Å². The molecule has 0 aliphatic carbocycles. The Morgan fingerprint density at radius 3 is 2.60 bits per heavy atom. The van der Waals surface area contributed by atoms with E-state index in [1.165, 1.54) is 0 Å². The predicted molar refractivity (Wildman–Crippen MR) is 86.8 cm³/mol. The molecule has 0 aromatic carbocycles. The second-order valence-electron chi connectivity index (χ2n) is 5.80. The normalized spacial score (nSPS) is 16.4. The highest BCUT2D eigenvalue weighted by Gasteiger charge is 2.29. The topological polar surface area (TPSA) is 54.0 Å².